The summed E-state index contributed by atoms with van der Waals surface area (Å²) in [5, 5.41) is 6.06. The molecule has 0 aliphatic carbocycles. The molecule has 3 aromatic rings. The molecule has 0 saturated carbocycles. The molecule has 7 nitrogen and oxygen atoms in total. The van der Waals surface area contributed by atoms with E-state index in [1.807, 2.05) is 10.7 Å². The van der Waals surface area contributed by atoms with E-state index in [0.29, 0.717) is 29.0 Å². The first kappa shape index (κ1) is 21.1. The van der Waals surface area contributed by atoms with Gasteiger partial charge in [-0.05, 0) is 45.2 Å². The minimum Gasteiger partial charge on any atom is -0.492 e. The zero-order chi connectivity index (χ0) is 23.9. The molecule has 1 unspecified atom stereocenters. The van der Waals surface area contributed by atoms with Crippen LogP contribution in [-0.4, -0.2) is 32.4 Å². The fourth-order valence-electron chi connectivity index (χ4n) is 5.80. The van der Waals surface area contributed by atoms with Gasteiger partial charge in [0.15, 0.2) is 11.2 Å². The van der Waals surface area contributed by atoms with E-state index in [2.05, 4.69) is 24.0 Å². The average Bonchev–Trinajstić information content (AvgIpc) is 3.51. The van der Waals surface area contributed by atoms with Crippen molar-refractivity contribution in [2.24, 2.45) is 0 Å². The predicted molar refractivity (Wildman–Crippen MR) is 122 cm³/mol. The van der Waals surface area contributed by atoms with Crippen molar-refractivity contribution in [3.8, 4) is 28.1 Å². The predicted octanol–water partition coefficient (Wildman–Crippen LogP) is 4.48. The molecule has 176 valence electrons. The third-order valence-electron chi connectivity index (χ3n) is 7.32. The van der Waals surface area contributed by atoms with Crippen molar-refractivity contribution < 1.29 is 18.3 Å². The quantitative estimate of drug-likeness (QED) is 0.533. The zero-order valence-electron chi connectivity index (χ0n) is 19.1. The molecule has 9 heteroatoms. The van der Waals surface area contributed by atoms with Gasteiger partial charge < -0.3 is 4.74 Å². The van der Waals surface area contributed by atoms with Crippen molar-refractivity contribution in [3.63, 3.8) is 0 Å². The number of alkyl halides is 2. The van der Waals surface area contributed by atoms with Crippen LogP contribution in [0.25, 0.3) is 22.4 Å². The van der Waals surface area contributed by atoms with Gasteiger partial charge in [-0.3, -0.25) is 19.3 Å². The lowest BCUT2D eigenvalue weighted by Crippen LogP contribution is -2.50. The molecule has 0 spiro atoms. The molecule has 0 bridgehead atoms. The van der Waals surface area contributed by atoms with Crippen LogP contribution >= 0.6 is 0 Å². The Morgan fingerprint density at radius 2 is 2.06 bits per heavy atom. The van der Waals surface area contributed by atoms with Crippen LogP contribution in [0.4, 0.5) is 8.78 Å². The Morgan fingerprint density at radius 3 is 2.76 bits per heavy atom. The maximum atomic E-state index is 13.2. The van der Waals surface area contributed by atoms with E-state index in [9.17, 15) is 18.4 Å². The summed E-state index contributed by atoms with van der Waals surface area (Å²) in [5.41, 5.74) is 4.63. The number of carbonyl (C=O) groups excluding carboxylic acids is 1. The van der Waals surface area contributed by atoms with E-state index >= 15 is 0 Å². The molecule has 0 N–H and O–H groups in total. The molecule has 0 radical (unpaired) electrons. The fraction of sp³-hybridized carbons (Fsp3) is 0.400. The SMILES string of the molecule is CC(=O)c1cn2c(cc1=O)-c1c(cc(-c3cnn(C(F)F)c3)c3c1CCO3)C1CCC(C)(C)N12. The van der Waals surface area contributed by atoms with E-state index in [1.165, 1.54) is 19.3 Å². The minimum atomic E-state index is -2.72. The van der Waals surface area contributed by atoms with E-state index in [0.717, 1.165) is 40.8 Å². The van der Waals surface area contributed by atoms with Crippen LogP contribution in [0.2, 0.25) is 0 Å². The lowest BCUT2D eigenvalue weighted by Gasteiger charge is -2.45. The molecular formula is C25H24F2N4O3. The number of ether oxygens (including phenoxy) is 1. The Labute approximate surface area is 194 Å². The molecular weight excluding hydrogens is 442 g/mol. The third-order valence-corrected chi connectivity index (χ3v) is 7.32. The van der Waals surface area contributed by atoms with Crippen LogP contribution in [-0.2, 0) is 6.42 Å². The second-order valence-electron chi connectivity index (χ2n) is 9.83. The molecule has 3 aliphatic heterocycles. The molecule has 3 aliphatic rings. The highest BCUT2D eigenvalue weighted by Crippen LogP contribution is 2.53. The number of nitrogens with zero attached hydrogens (tertiary/aromatic N) is 4. The van der Waals surface area contributed by atoms with Gasteiger partial charge in [0.05, 0.1) is 35.6 Å². The zero-order valence-corrected chi connectivity index (χ0v) is 19.1. The van der Waals surface area contributed by atoms with Gasteiger partial charge in [0.1, 0.15) is 5.75 Å². The number of ketones is 1. The number of hydrogen-bond acceptors (Lipinski definition) is 5. The number of benzene rings is 1. The Kier molecular flexibility index (Phi) is 4.34. The molecule has 2 aromatic heterocycles. The molecule has 1 aromatic carbocycles. The Morgan fingerprint density at radius 1 is 1.26 bits per heavy atom. The number of carbonyl (C=O) groups is 1. The van der Waals surface area contributed by atoms with Gasteiger partial charge in [0.2, 0.25) is 0 Å². The maximum Gasteiger partial charge on any atom is 0.333 e. The normalized spacial score (nSPS) is 19.5. The molecule has 1 fully saturated rings. The number of pyridine rings is 1. The number of rotatable bonds is 3. The second kappa shape index (κ2) is 7.01. The van der Waals surface area contributed by atoms with Gasteiger partial charge in [-0.2, -0.15) is 13.9 Å². The summed E-state index contributed by atoms with van der Waals surface area (Å²) < 4.78 is 35.0. The number of hydrogen-bond donors (Lipinski definition) is 0. The molecule has 34 heavy (non-hydrogen) atoms. The summed E-state index contributed by atoms with van der Waals surface area (Å²) in [4.78, 5) is 25.1. The van der Waals surface area contributed by atoms with Crippen molar-refractivity contribution in [1.29, 1.82) is 0 Å². The number of halogens is 2. The van der Waals surface area contributed by atoms with Crippen LogP contribution in [0.15, 0.2) is 35.5 Å². The third kappa shape index (κ3) is 2.82. The topological polar surface area (TPSA) is 69.4 Å². The summed E-state index contributed by atoms with van der Waals surface area (Å²) in [6.45, 7) is 3.46. The highest BCUT2D eigenvalue weighted by atomic mass is 19.3. The Bertz CT molecular complexity index is 1420. The first-order valence-electron chi connectivity index (χ1n) is 11.4. The van der Waals surface area contributed by atoms with E-state index in [-0.39, 0.29) is 28.4 Å². The van der Waals surface area contributed by atoms with Gasteiger partial charge in [-0.15, -0.1) is 0 Å². The standard InChI is InChI=1S/C25H24F2N4O3/c1-13(32)18-12-30-20(9-21(18)33)22-15-5-7-34-23(15)16(14-10-28-29(11-14)24(26)27)8-17(22)19-4-6-25(2,3)31(19)30/h8-12,19,24H,4-7H2,1-3H3. The van der Waals surface area contributed by atoms with Gasteiger partial charge >= 0.3 is 6.55 Å². The van der Waals surface area contributed by atoms with Crippen molar-refractivity contribution in [1.82, 2.24) is 14.5 Å². The molecule has 1 saturated heterocycles. The summed E-state index contributed by atoms with van der Waals surface area (Å²) in [7, 11) is 0. The molecule has 5 heterocycles. The summed E-state index contributed by atoms with van der Waals surface area (Å²) in [5.74, 6) is 0.382. The lowest BCUT2D eigenvalue weighted by atomic mass is 9.86. The van der Waals surface area contributed by atoms with Crippen molar-refractivity contribution in [2.75, 3.05) is 11.6 Å². The van der Waals surface area contributed by atoms with Gasteiger partial charge in [0.25, 0.3) is 0 Å². The largest absolute Gasteiger partial charge is 0.492 e. The minimum absolute atomic E-state index is 0.00889. The van der Waals surface area contributed by atoms with Crippen LogP contribution < -0.4 is 15.2 Å². The molecule has 0 amide bonds. The Hall–Kier alpha value is -3.49. The smallest absolute Gasteiger partial charge is 0.333 e. The number of Topliss-reactive ketones (excluding diaryl/α,β-unsaturated/α-hetero) is 1. The highest BCUT2D eigenvalue weighted by molar-refractivity contribution is 5.94. The summed E-state index contributed by atoms with van der Waals surface area (Å²) in [6.07, 6.45) is 6.90. The number of fused-ring (bicyclic) bond motifs is 8. The van der Waals surface area contributed by atoms with E-state index < -0.39 is 6.55 Å². The lowest BCUT2D eigenvalue weighted by molar-refractivity contribution is 0.0566. The van der Waals surface area contributed by atoms with Crippen molar-refractivity contribution >= 4 is 5.78 Å². The van der Waals surface area contributed by atoms with Gasteiger partial charge in [-0.1, -0.05) is 0 Å². The van der Waals surface area contributed by atoms with E-state index in [1.54, 1.807) is 12.3 Å². The van der Waals surface area contributed by atoms with Crippen LogP contribution in [0.3, 0.4) is 0 Å². The van der Waals surface area contributed by atoms with Crippen LogP contribution in [0.5, 0.6) is 5.75 Å². The van der Waals surface area contributed by atoms with Crippen LogP contribution in [0.1, 0.15) is 67.7 Å². The highest BCUT2D eigenvalue weighted by Gasteiger charge is 2.46. The van der Waals surface area contributed by atoms with E-state index in [4.69, 9.17) is 4.74 Å². The molecule has 1 atom stereocenters. The number of aromatic nitrogens is 3. The fourth-order valence-corrected chi connectivity index (χ4v) is 5.80. The summed E-state index contributed by atoms with van der Waals surface area (Å²) >= 11 is 0. The first-order valence-corrected chi connectivity index (χ1v) is 11.4. The maximum absolute atomic E-state index is 13.2. The summed E-state index contributed by atoms with van der Waals surface area (Å²) in [6, 6.07) is 3.57. The Balaban J connectivity index is 1.66. The molecule has 6 rings (SSSR count). The van der Waals surface area contributed by atoms with Crippen molar-refractivity contribution in [2.45, 2.75) is 58.2 Å². The van der Waals surface area contributed by atoms with Crippen LogP contribution in [0, 0.1) is 0 Å². The first-order chi connectivity index (χ1) is 16.2. The second-order valence-corrected chi connectivity index (χ2v) is 9.83. The van der Waals surface area contributed by atoms with Gasteiger partial charge in [0, 0.05) is 47.1 Å². The van der Waals surface area contributed by atoms with Crippen molar-refractivity contribution in [3.05, 3.63) is 57.6 Å². The monoisotopic (exact) mass is 466 g/mol. The van der Waals surface area contributed by atoms with Gasteiger partial charge in [-0.25, -0.2) is 4.68 Å². The average molecular weight is 466 g/mol.